The van der Waals surface area contributed by atoms with Gasteiger partial charge in [0.25, 0.3) is 0 Å². The lowest BCUT2D eigenvalue weighted by Crippen LogP contribution is -2.36. The number of unbranched alkanes of at least 4 members (excludes halogenated alkanes) is 5. The van der Waals surface area contributed by atoms with Crippen molar-refractivity contribution in [1.82, 2.24) is 4.72 Å². The molecule has 198 valence electrons. The van der Waals surface area contributed by atoms with Gasteiger partial charge >= 0.3 is 5.97 Å². The molecule has 1 amide bonds. The standard InChI is InChI=1S/C27H37NO6S2/c1-20(26(30)28-36(2,33)34)35-25(24(29)27(31)32)23-18-16-22(17-19-23)15-9-6-4-3-5-8-12-21-13-10-7-11-14-21/h7,10-11,13-14,16-20,24-25,29H,3-6,8-9,12,15H2,1-2H3,(H,28,30)(H,31,32). The number of hydrogen-bond donors (Lipinski definition) is 3. The van der Waals surface area contributed by atoms with Crippen molar-refractivity contribution in [3.05, 3.63) is 71.3 Å². The maximum Gasteiger partial charge on any atom is 0.334 e. The van der Waals surface area contributed by atoms with E-state index in [0.717, 1.165) is 49.3 Å². The Labute approximate surface area is 218 Å². The molecule has 2 rings (SSSR count). The summed E-state index contributed by atoms with van der Waals surface area (Å²) in [7, 11) is -3.73. The van der Waals surface area contributed by atoms with Crippen LogP contribution in [0.2, 0.25) is 0 Å². The minimum absolute atomic E-state index is 0.566. The molecule has 0 saturated heterocycles. The third-order valence-electron chi connectivity index (χ3n) is 5.88. The summed E-state index contributed by atoms with van der Waals surface area (Å²) in [4.78, 5) is 23.6. The Hall–Kier alpha value is -2.36. The summed E-state index contributed by atoms with van der Waals surface area (Å²) in [6, 6.07) is 17.9. The molecule has 9 heteroatoms. The van der Waals surface area contributed by atoms with Crippen LogP contribution < -0.4 is 4.72 Å². The van der Waals surface area contributed by atoms with Crippen molar-refractivity contribution in [3.8, 4) is 0 Å². The van der Waals surface area contributed by atoms with Crippen molar-refractivity contribution in [3.63, 3.8) is 0 Å². The molecule has 0 spiro atoms. The highest BCUT2D eigenvalue weighted by molar-refractivity contribution is 8.01. The Morgan fingerprint density at radius 3 is 1.86 bits per heavy atom. The zero-order valence-electron chi connectivity index (χ0n) is 20.9. The van der Waals surface area contributed by atoms with E-state index in [1.165, 1.54) is 38.2 Å². The lowest BCUT2D eigenvalue weighted by Gasteiger charge is -2.23. The molecule has 0 aromatic heterocycles. The van der Waals surface area contributed by atoms with E-state index in [2.05, 4.69) is 24.3 Å². The molecule has 7 nitrogen and oxygen atoms in total. The molecule has 3 atom stereocenters. The molecule has 2 aromatic rings. The number of aliphatic hydroxyl groups is 1. The van der Waals surface area contributed by atoms with Crippen molar-refractivity contribution in [2.75, 3.05) is 6.26 Å². The second-order valence-electron chi connectivity index (χ2n) is 9.07. The molecule has 0 aliphatic rings. The Bertz CT molecular complexity index is 1060. The number of nitrogens with one attached hydrogen (secondary N) is 1. The molecule has 0 heterocycles. The number of amides is 1. The van der Waals surface area contributed by atoms with Crippen molar-refractivity contribution in [2.45, 2.75) is 74.9 Å². The summed E-state index contributed by atoms with van der Waals surface area (Å²) in [5, 5.41) is 17.7. The lowest BCUT2D eigenvalue weighted by molar-refractivity contribution is -0.146. The van der Waals surface area contributed by atoms with E-state index in [4.69, 9.17) is 0 Å². The second kappa shape index (κ2) is 15.0. The number of carboxylic acids is 1. The van der Waals surface area contributed by atoms with E-state index >= 15 is 0 Å². The molecule has 0 saturated carbocycles. The number of aryl methyl sites for hydroxylation is 2. The maximum atomic E-state index is 12.1. The van der Waals surface area contributed by atoms with E-state index < -0.39 is 38.5 Å². The topological polar surface area (TPSA) is 121 Å². The van der Waals surface area contributed by atoms with Gasteiger partial charge in [0.2, 0.25) is 15.9 Å². The number of carboxylic acid groups (broad SMARTS) is 1. The van der Waals surface area contributed by atoms with Crippen LogP contribution in [0.25, 0.3) is 0 Å². The number of aliphatic carboxylic acids is 1. The summed E-state index contributed by atoms with van der Waals surface area (Å²) in [5.41, 5.74) is 3.08. The van der Waals surface area contributed by atoms with Crippen LogP contribution in [0.3, 0.4) is 0 Å². The molecular weight excluding hydrogens is 498 g/mol. The van der Waals surface area contributed by atoms with Gasteiger partial charge in [0.05, 0.1) is 16.8 Å². The first-order chi connectivity index (χ1) is 17.1. The number of hydrogen-bond acceptors (Lipinski definition) is 6. The molecule has 0 fully saturated rings. The first-order valence-corrected chi connectivity index (χ1v) is 15.1. The van der Waals surface area contributed by atoms with Crippen molar-refractivity contribution in [1.29, 1.82) is 0 Å². The van der Waals surface area contributed by atoms with Crippen molar-refractivity contribution >= 4 is 33.7 Å². The van der Waals surface area contributed by atoms with Crippen LogP contribution in [0.5, 0.6) is 0 Å². The summed E-state index contributed by atoms with van der Waals surface area (Å²) in [6.07, 6.45) is 8.25. The highest BCUT2D eigenvalue weighted by atomic mass is 32.2. The van der Waals surface area contributed by atoms with Crippen LogP contribution in [0.4, 0.5) is 0 Å². The zero-order valence-corrected chi connectivity index (χ0v) is 22.6. The second-order valence-corrected chi connectivity index (χ2v) is 12.3. The predicted octanol–water partition coefficient (Wildman–Crippen LogP) is 4.50. The quantitative estimate of drug-likeness (QED) is 0.271. The molecule has 3 N–H and O–H groups in total. The summed E-state index contributed by atoms with van der Waals surface area (Å²) in [5.74, 6) is -2.17. The average molecular weight is 536 g/mol. The van der Waals surface area contributed by atoms with Gasteiger partial charge in [0, 0.05) is 0 Å². The Morgan fingerprint density at radius 2 is 1.36 bits per heavy atom. The van der Waals surface area contributed by atoms with Crippen molar-refractivity contribution < 1.29 is 28.2 Å². The van der Waals surface area contributed by atoms with Crippen LogP contribution in [0, 0.1) is 0 Å². The fraction of sp³-hybridized carbons (Fsp3) is 0.481. The lowest BCUT2D eigenvalue weighted by atomic mass is 10.0. The van der Waals surface area contributed by atoms with Gasteiger partial charge in [-0.1, -0.05) is 80.3 Å². The SMILES string of the molecule is CC(SC(c1ccc(CCCCCCCCc2ccccc2)cc1)C(O)C(=O)O)C(=O)NS(C)(=O)=O. The van der Waals surface area contributed by atoms with Gasteiger partial charge in [-0.05, 0) is 49.3 Å². The predicted molar refractivity (Wildman–Crippen MR) is 144 cm³/mol. The van der Waals surface area contributed by atoms with Gasteiger partial charge in [0.15, 0.2) is 6.10 Å². The highest BCUT2D eigenvalue weighted by Crippen LogP contribution is 2.36. The monoisotopic (exact) mass is 535 g/mol. The number of carbonyl (C=O) groups is 2. The first-order valence-electron chi connectivity index (χ1n) is 12.3. The molecule has 3 unspecified atom stereocenters. The van der Waals surface area contributed by atoms with E-state index in [1.54, 1.807) is 12.1 Å². The van der Waals surface area contributed by atoms with Gasteiger partial charge < -0.3 is 10.2 Å². The van der Waals surface area contributed by atoms with Crippen LogP contribution in [0.15, 0.2) is 54.6 Å². The van der Waals surface area contributed by atoms with E-state index in [0.29, 0.717) is 5.56 Å². The Morgan fingerprint density at radius 1 is 0.861 bits per heavy atom. The number of sulfonamides is 1. The van der Waals surface area contributed by atoms with Crippen LogP contribution in [-0.4, -0.2) is 48.1 Å². The highest BCUT2D eigenvalue weighted by Gasteiger charge is 2.32. The molecule has 36 heavy (non-hydrogen) atoms. The molecule has 0 aliphatic carbocycles. The zero-order chi connectivity index (χ0) is 26.6. The number of benzene rings is 2. The normalized spacial score (nSPS) is 14.1. The molecule has 0 radical (unpaired) electrons. The van der Waals surface area contributed by atoms with E-state index in [1.807, 2.05) is 22.9 Å². The minimum Gasteiger partial charge on any atom is -0.479 e. The number of carbonyl (C=O) groups excluding carboxylic acids is 1. The molecule has 2 aromatic carbocycles. The molecule has 0 bridgehead atoms. The number of aliphatic hydroxyl groups excluding tert-OH is 1. The third kappa shape index (κ3) is 11.1. The molecule has 0 aliphatic heterocycles. The Balaban J connectivity index is 1.80. The van der Waals surface area contributed by atoms with Crippen LogP contribution in [0.1, 0.15) is 67.4 Å². The fourth-order valence-corrected chi connectivity index (χ4v) is 5.71. The van der Waals surface area contributed by atoms with Crippen LogP contribution >= 0.6 is 11.8 Å². The molecular formula is C27H37NO6S2. The summed E-state index contributed by atoms with van der Waals surface area (Å²) in [6.45, 7) is 1.47. The summed E-state index contributed by atoms with van der Waals surface area (Å²) < 4.78 is 24.5. The fourth-order valence-electron chi connectivity index (χ4n) is 3.90. The Kier molecular flexibility index (Phi) is 12.5. The van der Waals surface area contributed by atoms with E-state index in [9.17, 15) is 28.2 Å². The van der Waals surface area contributed by atoms with Gasteiger partial charge in [0.1, 0.15) is 0 Å². The number of rotatable bonds is 16. The smallest absolute Gasteiger partial charge is 0.334 e. The average Bonchev–Trinajstić information content (AvgIpc) is 2.83. The maximum absolute atomic E-state index is 12.1. The van der Waals surface area contributed by atoms with E-state index in [-0.39, 0.29) is 0 Å². The first kappa shape index (κ1) is 29.9. The van der Waals surface area contributed by atoms with Gasteiger partial charge in [-0.2, -0.15) is 0 Å². The third-order valence-corrected chi connectivity index (χ3v) is 7.90. The van der Waals surface area contributed by atoms with Gasteiger partial charge in [-0.3, -0.25) is 9.52 Å². The summed E-state index contributed by atoms with van der Waals surface area (Å²) >= 11 is 0.911. The van der Waals surface area contributed by atoms with Crippen molar-refractivity contribution in [2.24, 2.45) is 0 Å². The van der Waals surface area contributed by atoms with Gasteiger partial charge in [-0.25, -0.2) is 13.2 Å². The minimum atomic E-state index is -3.73. The largest absolute Gasteiger partial charge is 0.479 e. The van der Waals surface area contributed by atoms with Gasteiger partial charge in [-0.15, -0.1) is 11.8 Å². The van der Waals surface area contributed by atoms with Crippen LogP contribution in [-0.2, 0) is 32.5 Å². The number of thioether (sulfide) groups is 1.